The van der Waals surface area contributed by atoms with Crippen molar-refractivity contribution in [3.8, 4) is 102 Å². The van der Waals surface area contributed by atoms with Gasteiger partial charge in [-0.25, -0.2) is 19.9 Å². The maximum atomic E-state index is 7.16. The summed E-state index contributed by atoms with van der Waals surface area (Å²) in [6, 6.07) is 75.5. The van der Waals surface area contributed by atoms with Crippen LogP contribution in [0.15, 0.2) is 231 Å². The van der Waals surface area contributed by atoms with Crippen LogP contribution in [0.3, 0.4) is 0 Å². The third-order valence-electron chi connectivity index (χ3n) is 13.1. The zero-order valence-corrected chi connectivity index (χ0v) is 36.5. The van der Waals surface area contributed by atoms with E-state index in [0.717, 1.165) is 84.3 Å². The molecule has 1 aliphatic heterocycles. The summed E-state index contributed by atoms with van der Waals surface area (Å²) in [5, 5.41) is 0. The molecule has 0 saturated heterocycles. The molecule has 0 amide bonds. The van der Waals surface area contributed by atoms with Crippen LogP contribution in [-0.2, 0) is 5.41 Å². The molecule has 0 bridgehead atoms. The first-order valence-corrected chi connectivity index (χ1v) is 22.7. The van der Waals surface area contributed by atoms with E-state index in [-0.39, 0.29) is 0 Å². The van der Waals surface area contributed by atoms with E-state index in [0.29, 0.717) is 17.5 Å². The fourth-order valence-corrected chi connectivity index (χ4v) is 10.0. The normalized spacial score (nSPS) is 12.6. The molecule has 5 heterocycles. The second-order valence-electron chi connectivity index (χ2n) is 17.0. The van der Waals surface area contributed by atoms with Crippen LogP contribution >= 0.6 is 0 Å². The average Bonchev–Trinajstić information content (AvgIpc) is 3.71. The van der Waals surface area contributed by atoms with Gasteiger partial charge in [0, 0.05) is 40.2 Å². The first-order chi connectivity index (χ1) is 33.7. The fraction of sp³-hybridized carbons (Fsp3) is 0.0164. The summed E-state index contributed by atoms with van der Waals surface area (Å²) >= 11 is 0. The van der Waals surface area contributed by atoms with Gasteiger partial charge in [0.15, 0.2) is 17.5 Å². The molecule has 0 fully saturated rings. The van der Waals surface area contributed by atoms with Crippen molar-refractivity contribution in [1.82, 2.24) is 29.9 Å². The number of benzene rings is 7. The van der Waals surface area contributed by atoms with Crippen LogP contribution in [0.2, 0.25) is 0 Å². The van der Waals surface area contributed by atoms with E-state index in [4.69, 9.17) is 24.7 Å². The zero-order valence-electron chi connectivity index (χ0n) is 36.5. The van der Waals surface area contributed by atoms with Gasteiger partial charge in [0.05, 0.1) is 28.2 Å². The summed E-state index contributed by atoms with van der Waals surface area (Å²) < 4.78 is 7.16. The lowest BCUT2D eigenvalue weighted by molar-refractivity contribution is 0.437. The highest BCUT2D eigenvalue weighted by Gasteiger charge is 2.51. The number of rotatable bonds is 7. The largest absolute Gasteiger partial charge is 0.457 e. The highest BCUT2D eigenvalue weighted by Crippen LogP contribution is 2.62. The van der Waals surface area contributed by atoms with Gasteiger partial charge < -0.3 is 4.74 Å². The van der Waals surface area contributed by atoms with Crippen molar-refractivity contribution in [2.45, 2.75) is 5.41 Å². The van der Waals surface area contributed by atoms with Crippen molar-refractivity contribution in [3.05, 3.63) is 253 Å². The predicted octanol–water partition coefficient (Wildman–Crippen LogP) is 14.2. The van der Waals surface area contributed by atoms with E-state index in [1.54, 1.807) is 12.4 Å². The van der Waals surface area contributed by atoms with Crippen molar-refractivity contribution in [2.75, 3.05) is 0 Å². The van der Waals surface area contributed by atoms with Crippen molar-refractivity contribution in [3.63, 3.8) is 0 Å². The molecule has 7 heteroatoms. The molecule has 0 radical (unpaired) electrons. The Bertz CT molecular complexity index is 3530. The van der Waals surface area contributed by atoms with Crippen LogP contribution in [0.1, 0.15) is 22.3 Å². The Morgan fingerprint density at radius 1 is 0.279 bits per heavy atom. The second-order valence-corrected chi connectivity index (χ2v) is 17.0. The maximum Gasteiger partial charge on any atom is 0.164 e. The second kappa shape index (κ2) is 16.0. The number of hydrogen-bond donors (Lipinski definition) is 0. The Morgan fingerprint density at radius 3 is 1.22 bits per heavy atom. The molecule has 0 saturated carbocycles. The van der Waals surface area contributed by atoms with Gasteiger partial charge in [-0.05, 0) is 93.0 Å². The van der Waals surface area contributed by atoms with Gasteiger partial charge in [0.25, 0.3) is 0 Å². The minimum Gasteiger partial charge on any atom is -0.457 e. The summed E-state index contributed by atoms with van der Waals surface area (Å²) in [5.41, 5.74) is 16.4. The van der Waals surface area contributed by atoms with E-state index in [1.807, 2.05) is 97.1 Å². The van der Waals surface area contributed by atoms with Gasteiger partial charge in [-0.3, -0.25) is 9.97 Å². The predicted molar refractivity (Wildman–Crippen MR) is 269 cm³/mol. The molecule has 1 aliphatic carbocycles. The molecule has 7 nitrogen and oxygen atoms in total. The number of pyridine rings is 3. The Hall–Kier alpha value is -9.20. The molecule has 4 aromatic heterocycles. The minimum absolute atomic E-state index is 0.568. The first kappa shape index (κ1) is 39.2. The van der Waals surface area contributed by atoms with Crippen molar-refractivity contribution >= 4 is 0 Å². The molecular weight excluding hydrogens is 833 g/mol. The van der Waals surface area contributed by atoms with Crippen molar-refractivity contribution in [2.24, 2.45) is 0 Å². The quantitative estimate of drug-likeness (QED) is 0.158. The van der Waals surface area contributed by atoms with E-state index < -0.39 is 5.41 Å². The zero-order chi connectivity index (χ0) is 45.0. The summed E-state index contributed by atoms with van der Waals surface area (Å²) in [6.45, 7) is 0. The lowest BCUT2D eigenvalue weighted by Crippen LogP contribution is -2.32. The summed E-state index contributed by atoms with van der Waals surface area (Å²) in [5.74, 6) is 3.33. The van der Waals surface area contributed by atoms with Crippen LogP contribution in [0, 0.1) is 0 Å². The topological polar surface area (TPSA) is 86.6 Å². The van der Waals surface area contributed by atoms with Gasteiger partial charge >= 0.3 is 0 Å². The Morgan fingerprint density at radius 2 is 0.706 bits per heavy atom. The van der Waals surface area contributed by atoms with E-state index in [2.05, 4.69) is 131 Å². The van der Waals surface area contributed by atoms with Crippen molar-refractivity contribution in [1.29, 1.82) is 0 Å². The van der Waals surface area contributed by atoms with Gasteiger partial charge in [0.2, 0.25) is 0 Å². The molecule has 13 rings (SSSR count). The van der Waals surface area contributed by atoms with Gasteiger partial charge in [0.1, 0.15) is 11.5 Å². The minimum atomic E-state index is -0.640. The molecule has 7 aromatic carbocycles. The van der Waals surface area contributed by atoms with Gasteiger partial charge in [-0.2, -0.15) is 0 Å². The van der Waals surface area contributed by atoms with Crippen LogP contribution < -0.4 is 4.74 Å². The molecular formula is C61H38N6O. The summed E-state index contributed by atoms with van der Waals surface area (Å²) in [7, 11) is 0. The number of hydrogen-bond acceptors (Lipinski definition) is 7. The Labute approximate surface area is 393 Å². The third-order valence-corrected chi connectivity index (χ3v) is 13.1. The third kappa shape index (κ3) is 6.51. The van der Waals surface area contributed by atoms with Crippen LogP contribution in [-0.4, -0.2) is 29.9 Å². The molecule has 68 heavy (non-hydrogen) atoms. The van der Waals surface area contributed by atoms with Crippen LogP contribution in [0.5, 0.6) is 11.5 Å². The first-order valence-electron chi connectivity index (χ1n) is 22.7. The molecule has 0 atom stereocenters. The molecule has 2 aliphatic rings. The van der Waals surface area contributed by atoms with Crippen LogP contribution in [0.25, 0.3) is 90.3 Å². The van der Waals surface area contributed by atoms with Crippen molar-refractivity contribution < 1.29 is 4.74 Å². The summed E-state index contributed by atoms with van der Waals surface area (Å²) in [6.07, 6.45) is 3.59. The monoisotopic (exact) mass is 870 g/mol. The Kier molecular flexibility index (Phi) is 9.25. The van der Waals surface area contributed by atoms with E-state index in [9.17, 15) is 0 Å². The average molecular weight is 871 g/mol. The highest BCUT2D eigenvalue weighted by molar-refractivity contribution is 5.89. The molecule has 11 aromatic rings. The van der Waals surface area contributed by atoms with Gasteiger partial charge in [-0.15, -0.1) is 0 Å². The summed E-state index contributed by atoms with van der Waals surface area (Å²) in [4.78, 5) is 29.4. The van der Waals surface area contributed by atoms with Gasteiger partial charge in [-0.1, -0.05) is 170 Å². The lowest BCUT2D eigenvalue weighted by atomic mass is 9.66. The molecule has 318 valence electrons. The fourth-order valence-electron chi connectivity index (χ4n) is 10.0. The Balaban J connectivity index is 0.942. The maximum absolute atomic E-state index is 7.16. The SMILES string of the molecule is c1ccc(-c2nc(-c3ccccc3)nc(-c3ccc4c(c3)Oc3cc(-c5ccc(-c6cc(-c7ccccn7)nc(-c7ccccn7)c6)cc5)ccc3C43c4ccccc4-c4ccccc43)n2)cc1. The molecule has 1 spiro atoms. The number of aromatic nitrogens is 6. The highest BCUT2D eigenvalue weighted by atomic mass is 16.5. The number of nitrogens with zero attached hydrogens (tertiary/aromatic N) is 6. The molecule has 0 N–H and O–H groups in total. The van der Waals surface area contributed by atoms with E-state index in [1.165, 1.54) is 22.3 Å². The number of ether oxygens (including phenoxy) is 1. The molecule has 0 unspecified atom stereocenters. The van der Waals surface area contributed by atoms with Crippen LogP contribution in [0.4, 0.5) is 0 Å². The smallest absolute Gasteiger partial charge is 0.164 e. The number of fused-ring (bicyclic) bond motifs is 9. The standard InChI is InChI=1S/C61H38N6O/c1-3-15-41(16-4-1)58-65-59(42-17-5-2-6-18-42)67-60(66-58)44-30-32-51-57(38-44)68-56-37-43(29-31-50(56)61(51)48-21-9-7-19-46(48)47-20-8-10-22-49(47)61)39-25-27-40(28-26-39)45-35-54(52-23-11-13-33-62-52)64-55(36-45)53-24-12-14-34-63-53/h1-38H. The van der Waals surface area contributed by atoms with E-state index >= 15 is 0 Å². The lowest BCUT2D eigenvalue weighted by Gasteiger charge is -2.39.